The van der Waals surface area contributed by atoms with E-state index in [2.05, 4.69) is 49.5 Å². The van der Waals surface area contributed by atoms with E-state index < -0.39 is 10.4 Å². The van der Waals surface area contributed by atoms with Crippen molar-refractivity contribution in [3.05, 3.63) is 35.9 Å². The van der Waals surface area contributed by atoms with Crippen molar-refractivity contribution in [2.45, 2.75) is 19.3 Å². The van der Waals surface area contributed by atoms with Crippen LogP contribution >= 0.6 is 0 Å². The quantitative estimate of drug-likeness (QED) is 0.718. The second-order valence-corrected chi connectivity index (χ2v) is 5.12. The van der Waals surface area contributed by atoms with Gasteiger partial charge in [-0.1, -0.05) is 44.2 Å². The molecule has 0 bridgehead atoms. The zero-order valence-corrected chi connectivity index (χ0v) is 11.0. The Hall–Kier alpha value is -0.950. The Balaban J connectivity index is 0.000000437. The molecule has 0 spiro atoms. The number of benzene rings is 1. The summed E-state index contributed by atoms with van der Waals surface area (Å²) in [6, 6.07) is 10.6. The van der Waals surface area contributed by atoms with Crippen LogP contribution in [-0.2, 0) is 15.8 Å². The Labute approximate surface area is 102 Å². The van der Waals surface area contributed by atoms with E-state index in [0.717, 1.165) is 6.54 Å². The first-order chi connectivity index (χ1) is 7.67. The summed E-state index contributed by atoms with van der Waals surface area (Å²) in [7, 11) is -2.68. The van der Waals surface area contributed by atoms with Gasteiger partial charge in [-0.2, -0.15) is 8.42 Å². The monoisotopic (exact) mass is 261 g/mol. The first-order valence-corrected chi connectivity index (χ1v) is 6.46. The first-order valence-electron chi connectivity index (χ1n) is 5.07. The van der Waals surface area contributed by atoms with Gasteiger partial charge >= 0.3 is 10.4 Å². The molecule has 0 amide bonds. The lowest BCUT2D eigenvalue weighted by Crippen LogP contribution is -2.30. The molecule has 0 radical (unpaired) electrons. The van der Waals surface area contributed by atoms with Crippen LogP contribution < -0.4 is 5.32 Å². The van der Waals surface area contributed by atoms with Crippen LogP contribution in [0.4, 0.5) is 0 Å². The Bertz CT molecular complexity index is 406. The smallest absolute Gasteiger partial charge is 0.319 e. The van der Waals surface area contributed by atoms with E-state index >= 15 is 0 Å². The molecule has 0 aliphatic rings. The molecule has 17 heavy (non-hydrogen) atoms. The van der Waals surface area contributed by atoms with Crippen molar-refractivity contribution in [3.8, 4) is 0 Å². The predicted molar refractivity (Wildman–Crippen MR) is 67.6 cm³/mol. The molecule has 0 saturated heterocycles. The highest BCUT2D eigenvalue weighted by molar-refractivity contribution is 7.79. The SMILES string of the molecule is CNCC(C)(C)c1ccccc1.O=S(=O)(O)O. The molecule has 98 valence electrons. The molecule has 0 atom stereocenters. The molecule has 1 aromatic rings. The Morgan fingerprint density at radius 1 is 1.18 bits per heavy atom. The summed E-state index contributed by atoms with van der Waals surface area (Å²) in [6.45, 7) is 5.51. The molecule has 0 fully saturated rings. The third-order valence-corrected chi connectivity index (χ3v) is 2.17. The molecule has 0 aliphatic heterocycles. The maximum absolute atomic E-state index is 8.74. The fourth-order valence-electron chi connectivity index (χ4n) is 1.43. The molecule has 0 heterocycles. The normalized spacial score (nSPS) is 11.6. The van der Waals surface area contributed by atoms with Gasteiger partial charge in [0.2, 0.25) is 0 Å². The van der Waals surface area contributed by atoms with E-state index in [-0.39, 0.29) is 5.41 Å². The fourth-order valence-corrected chi connectivity index (χ4v) is 1.43. The molecule has 0 saturated carbocycles. The van der Waals surface area contributed by atoms with Gasteiger partial charge in [-0.05, 0) is 12.6 Å². The van der Waals surface area contributed by atoms with Gasteiger partial charge < -0.3 is 5.32 Å². The molecule has 1 aromatic carbocycles. The summed E-state index contributed by atoms with van der Waals surface area (Å²) in [4.78, 5) is 0. The van der Waals surface area contributed by atoms with Crippen molar-refractivity contribution in [2.24, 2.45) is 0 Å². The largest absolute Gasteiger partial charge is 0.394 e. The van der Waals surface area contributed by atoms with Crippen LogP contribution in [0.3, 0.4) is 0 Å². The molecule has 1 rings (SSSR count). The number of hydrogen-bond acceptors (Lipinski definition) is 3. The van der Waals surface area contributed by atoms with Crippen molar-refractivity contribution in [1.82, 2.24) is 5.32 Å². The van der Waals surface area contributed by atoms with E-state index in [4.69, 9.17) is 17.5 Å². The van der Waals surface area contributed by atoms with Crippen LogP contribution in [0.25, 0.3) is 0 Å². The minimum atomic E-state index is -4.67. The molecule has 0 aromatic heterocycles. The molecule has 0 unspecified atom stereocenters. The molecule has 0 aliphatic carbocycles. The highest BCUT2D eigenvalue weighted by Crippen LogP contribution is 2.21. The van der Waals surface area contributed by atoms with Crippen LogP contribution in [0, 0.1) is 0 Å². The summed E-state index contributed by atoms with van der Waals surface area (Å²) in [6.07, 6.45) is 0. The van der Waals surface area contributed by atoms with E-state index in [0.29, 0.717) is 0 Å². The maximum Gasteiger partial charge on any atom is 0.394 e. The van der Waals surface area contributed by atoms with Gasteiger partial charge in [0.1, 0.15) is 0 Å². The van der Waals surface area contributed by atoms with Gasteiger partial charge in [-0.3, -0.25) is 9.11 Å². The number of likely N-dealkylation sites (N-methyl/N-ethyl adjacent to an activating group) is 1. The molecule has 5 nitrogen and oxygen atoms in total. The van der Waals surface area contributed by atoms with Gasteiger partial charge in [0.25, 0.3) is 0 Å². The zero-order valence-electron chi connectivity index (χ0n) is 10.2. The van der Waals surface area contributed by atoms with Crippen LogP contribution in [0.15, 0.2) is 30.3 Å². The lowest BCUT2D eigenvalue weighted by atomic mass is 9.85. The lowest BCUT2D eigenvalue weighted by molar-refractivity contribution is 0.381. The Morgan fingerprint density at radius 3 is 1.94 bits per heavy atom. The second kappa shape index (κ2) is 6.70. The maximum atomic E-state index is 8.74. The van der Waals surface area contributed by atoms with Crippen molar-refractivity contribution >= 4 is 10.4 Å². The van der Waals surface area contributed by atoms with Crippen LogP contribution in [0.5, 0.6) is 0 Å². The Kier molecular flexibility index (Phi) is 6.33. The standard InChI is InChI=1S/C11H17N.H2O4S/c1-11(2,9-12-3)10-7-5-4-6-8-10;1-5(2,3)4/h4-8,12H,9H2,1-3H3;(H2,1,2,3,4). The van der Waals surface area contributed by atoms with E-state index in [1.807, 2.05) is 7.05 Å². The summed E-state index contributed by atoms with van der Waals surface area (Å²) in [5, 5.41) is 3.21. The molecule has 6 heteroatoms. The van der Waals surface area contributed by atoms with Crippen LogP contribution in [0.1, 0.15) is 19.4 Å². The second-order valence-electron chi connectivity index (χ2n) is 4.23. The summed E-state index contributed by atoms with van der Waals surface area (Å²) >= 11 is 0. The summed E-state index contributed by atoms with van der Waals surface area (Å²) < 4.78 is 31.6. The zero-order chi connectivity index (χ0) is 13.5. The van der Waals surface area contributed by atoms with Gasteiger partial charge in [0.15, 0.2) is 0 Å². The average Bonchev–Trinajstić information content (AvgIpc) is 2.16. The average molecular weight is 261 g/mol. The van der Waals surface area contributed by atoms with Crippen LogP contribution in [0.2, 0.25) is 0 Å². The first kappa shape index (κ1) is 16.1. The number of rotatable bonds is 3. The minimum absolute atomic E-state index is 0.232. The van der Waals surface area contributed by atoms with E-state index in [9.17, 15) is 0 Å². The highest BCUT2D eigenvalue weighted by atomic mass is 32.3. The Morgan fingerprint density at radius 2 is 1.59 bits per heavy atom. The van der Waals surface area contributed by atoms with Gasteiger partial charge in [-0.15, -0.1) is 0 Å². The third kappa shape index (κ3) is 8.82. The van der Waals surface area contributed by atoms with Crippen molar-refractivity contribution in [1.29, 1.82) is 0 Å². The van der Waals surface area contributed by atoms with Gasteiger partial charge in [0, 0.05) is 12.0 Å². The van der Waals surface area contributed by atoms with Crippen LogP contribution in [-0.4, -0.2) is 31.1 Å². The van der Waals surface area contributed by atoms with E-state index in [1.54, 1.807) is 0 Å². The predicted octanol–water partition coefficient (Wildman–Crippen LogP) is 1.53. The third-order valence-electron chi connectivity index (χ3n) is 2.17. The molecular weight excluding hydrogens is 242 g/mol. The summed E-state index contributed by atoms with van der Waals surface area (Å²) in [5.74, 6) is 0. The summed E-state index contributed by atoms with van der Waals surface area (Å²) in [5.41, 5.74) is 1.62. The number of nitrogens with one attached hydrogen (secondary N) is 1. The topological polar surface area (TPSA) is 86.6 Å². The molecule has 3 N–H and O–H groups in total. The van der Waals surface area contributed by atoms with E-state index in [1.165, 1.54) is 5.56 Å². The van der Waals surface area contributed by atoms with Crippen molar-refractivity contribution in [3.63, 3.8) is 0 Å². The number of hydrogen-bond donors (Lipinski definition) is 3. The molecular formula is C11H19NO4S. The minimum Gasteiger partial charge on any atom is -0.319 e. The highest BCUT2D eigenvalue weighted by Gasteiger charge is 2.18. The van der Waals surface area contributed by atoms with Gasteiger partial charge in [0.05, 0.1) is 0 Å². The van der Waals surface area contributed by atoms with Gasteiger partial charge in [-0.25, -0.2) is 0 Å². The fraction of sp³-hybridized carbons (Fsp3) is 0.455. The van der Waals surface area contributed by atoms with Crippen molar-refractivity contribution in [2.75, 3.05) is 13.6 Å². The van der Waals surface area contributed by atoms with Crippen molar-refractivity contribution < 1.29 is 17.5 Å². The lowest BCUT2D eigenvalue weighted by Gasteiger charge is -2.24.